The van der Waals surface area contributed by atoms with Gasteiger partial charge in [0.15, 0.2) is 6.29 Å². The van der Waals surface area contributed by atoms with E-state index in [1.807, 2.05) is 17.0 Å². The standard InChI is InChI=1S/C20H30N2O3/c1-3-12-21(4-2)17-10-8-16(9-11-17)19(23)22-13-6-5-7-18(22)20-24-14-15-25-20/h8-11,18,20H,3-7,12-15H2,1-2H3. The van der Waals surface area contributed by atoms with Crippen molar-refractivity contribution < 1.29 is 14.3 Å². The van der Waals surface area contributed by atoms with Crippen LogP contribution in [0.1, 0.15) is 49.9 Å². The van der Waals surface area contributed by atoms with E-state index in [0.29, 0.717) is 13.2 Å². The van der Waals surface area contributed by atoms with Crippen LogP contribution in [-0.4, -0.2) is 56.0 Å². The van der Waals surface area contributed by atoms with Gasteiger partial charge in [0, 0.05) is 30.9 Å². The van der Waals surface area contributed by atoms with Crippen LogP contribution in [0.25, 0.3) is 0 Å². The number of piperidine rings is 1. The molecule has 2 aliphatic heterocycles. The van der Waals surface area contributed by atoms with Gasteiger partial charge in [-0.25, -0.2) is 0 Å². The monoisotopic (exact) mass is 346 g/mol. The fourth-order valence-electron chi connectivity index (χ4n) is 3.81. The average molecular weight is 346 g/mol. The second-order valence-corrected chi connectivity index (χ2v) is 6.80. The van der Waals surface area contributed by atoms with E-state index in [-0.39, 0.29) is 18.2 Å². The van der Waals surface area contributed by atoms with Gasteiger partial charge in [0.1, 0.15) is 0 Å². The first-order valence-corrected chi connectivity index (χ1v) is 9.63. The number of nitrogens with zero attached hydrogens (tertiary/aromatic N) is 2. The lowest BCUT2D eigenvalue weighted by Crippen LogP contribution is -2.50. The zero-order valence-corrected chi connectivity index (χ0v) is 15.4. The van der Waals surface area contributed by atoms with Crippen LogP contribution < -0.4 is 4.90 Å². The van der Waals surface area contributed by atoms with Crippen LogP contribution in [0, 0.1) is 0 Å². The first-order valence-electron chi connectivity index (χ1n) is 9.63. The molecule has 3 rings (SSSR count). The minimum absolute atomic E-state index is 0.0376. The van der Waals surface area contributed by atoms with Crippen molar-refractivity contribution in [2.75, 3.05) is 37.7 Å². The lowest BCUT2D eigenvalue weighted by molar-refractivity contribution is -0.100. The first-order chi connectivity index (χ1) is 12.2. The third kappa shape index (κ3) is 4.15. The molecule has 0 spiro atoms. The van der Waals surface area contributed by atoms with Crippen molar-refractivity contribution in [3.8, 4) is 0 Å². The van der Waals surface area contributed by atoms with Gasteiger partial charge in [0.25, 0.3) is 5.91 Å². The number of carbonyl (C=O) groups is 1. The lowest BCUT2D eigenvalue weighted by Gasteiger charge is -2.38. The molecule has 0 N–H and O–H groups in total. The smallest absolute Gasteiger partial charge is 0.254 e. The van der Waals surface area contributed by atoms with E-state index in [0.717, 1.165) is 50.9 Å². The molecule has 2 heterocycles. The molecule has 0 saturated carbocycles. The third-order valence-electron chi connectivity index (χ3n) is 5.13. The molecule has 2 saturated heterocycles. The molecule has 2 aliphatic rings. The predicted molar refractivity (Wildman–Crippen MR) is 99.0 cm³/mol. The summed E-state index contributed by atoms with van der Waals surface area (Å²) in [5.41, 5.74) is 1.93. The van der Waals surface area contributed by atoms with E-state index < -0.39 is 0 Å². The molecule has 25 heavy (non-hydrogen) atoms. The summed E-state index contributed by atoms with van der Waals surface area (Å²) in [6.45, 7) is 8.40. The van der Waals surface area contributed by atoms with Crippen LogP contribution in [0.2, 0.25) is 0 Å². The Morgan fingerprint density at radius 3 is 2.52 bits per heavy atom. The topological polar surface area (TPSA) is 42.0 Å². The molecule has 1 atom stereocenters. The number of likely N-dealkylation sites (tertiary alicyclic amines) is 1. The third-order valence-corrected chi connectivity index (χ3v) is 5.13. The average Bonchev–Trinajstić information content (AvgIpc) is 3.20. The molecular formula is C20H30N2O3. The summed E-state index contributed by atoms with van der Waals surface area (Å²) in [5, 5.41) is 0. The van der Waals surface area contributed by atoms with Gasteiger partial charge in [-0.1, -0.05) is 6.92 Å². The molecule has 138 valence electrons. The Kier molecular flexibility index (Phi) is 6.32. The van der Waals surface area contributed by atoms with Crippen molar-refractivity contribution in [2.24, 2.45) is 0 Å². The van der Waals surface area contributed by atoms with Gasteiger partial charge in [-0.05, 0) is 56.9 Å². The molecule has 0 aromatic heterocycles. The number of rotatable bonds is 6. The molecule has 1 unspecified atom stereocenters. The number of carbonyl (C=O) groups excluding carboxylic acids is 1. The summed E-state index contributed by atoms with van der Waals surface area (Å²) in [5.74, 6) is 0.0916. The van der Waals surface area contributed by atoms with E-state index in [9.17, 15) is 4.79 Å². The van der Waals surface area contributed by atoms with Crippen molar-refractivity contribution >= 4 is 11.6 Å². The van der Waals surface area contributed by atoms with E-state index in [2.05, 4.69) is 30.9 Å². The molecule has 0 aliphatic carbocycles. The highest BCUT2D eigenvalue weighted by Gasteiger charge is 2.36. The number of amides is 1. The SMILES string of the molecule is CCCN(CC)c1ccc(C(=O)N2CCCCC2C2OCCO2)cc1. The van der Waals surface area contributed by atoms with Gasteiger partial charge in [-0.2, -0.15) is 0 Å². The highest BCUT2D eigenvalue weighted by atomic mass is 16.7. The van der Waals surface area contributed by atoms with Gasteiger partial charge in [-0.3, -0.25) is 4.79 Å². The minimum Gasteiger partial charge on any atom is -0.372 e. The van der Waals surface area contributed by atoms with Crippen LogP contribution in [-0.2, 0) is 9.47 Å². The molecule has 1 aromatic rings. The van der Waals surface area contributed by atoms with Gasteiger partial charge in [0.05, 0.1) is 19.3 Å². The fraction of sp³-hybridized carbons (Fsp3) is 0.650. The molecule has 0 radical (unpaired) electrons. The number of hydrogen-bond donors (Lipinski definition) is 0. The second kappa shape index (κ2) is 8.68. The number of ether oxygens (including phenoxy) is 2. The quantitative estimate of drug-likeness (QED) is 0.793. The first kappa shape index (κ1) is 18.2. The van der Waals surface area contributed by atoms with Crippen molar-refractivity contribution in [3.63, 3.8) is 0 Å². The normalized spacial score (nSPS) is 21.5. The number of anilines is 1. The van der Waals surface area contributed by atoms with Crippen molar-refractivity contribution in [2.45, 2.75) is 51.9 Å². The summed E-state index contributed by atoms with van der Waals surface area (Å²) in [6.07, 6.45) is 3.98. The molecule has 5 nitrogen and oxygen atoms in total. The van der Waals surface area contributed by atoms with Crippen molar-refractivity contribution in [1.82, 2.24) is 4.90 Å². The predicted octanol–water partition coefficient (Wildman–Crippen LogP) is 3.29. The Hall–Kier alpha value is -1.59. The molecule has 1 aromatic carbocycles. The molecular weight excluding hydrogens is 316 g/mol. The lowest BCUT2D eigenvalue weighted by atomic mass is 10.00. The Bertz CT molecular complexity index is 555. The highest BCUT2D eigenvalue weighted by Crippen LogP contribution is 2.26. The summed E-state index contributed by atoms with van der Waals surface area (Å²) in [7, 11) is 0. The zero-order valence-electron chi connectivity index (χ0n) is 15.4. The Labute approximate surface area is 150 Å². The molecule has 0 bridgehead atoms. The van der Waals surface area contributed by atoms with E-state index in [4.69, 9.17) is 9.47 Å². The maximum absolute atomic E-state index is 13.0. The molecule has 2 fully saturated rings. The minimum atomic E-state index is -0.260. The van der Waals surface area contributed by atoms with Gasteiger partial charge in [0.2, 0.25) is 0 Å². The molecule has 1 amide bonds. The fourth-order valence-corrected chi connectivity index (χ4v) is 3.81. The van der Waals surface area contributed by atoms with Crippen LogP contribution in [0.4, 0.5) is 5.69 Å². The van der Waals surface area contributed by atoms with Gasteiger partial charge in [-0.15, -0.1) is 0 Å². The van der Waals surface area contributed by atoms with E-state index >= 15 is 0 Å². The molecule has 5 heteroatoms. The Balaban J connectivity index is 1.72. The summed E-state index contributed by atoms with van der Waals surface area (Å²) < 4.78 is 11.4. The summed E-state index contributed by atoms with van der Waals surface area (Å²) in [6, 6.07) is 8.08. The van der Waals surface area contributed by atoms with Crippen molar-refractivity contribution in [1.29, 1.82) is 0 Å². The Morgan fingerprint density at radius 2 is 1.88 bits per heavy atom. The number of benzene rings is 1. The van der Waals surface area contributed by atoms with E-state index in [1.165, 1.54) is 5.69 Å². The van der Waals surface area contributed by atoms with Crippen molar-refractivity contribution in [3.05, 3.63) is 29.8 Å². The number of hydrogen-bond acceptors (Lipinski definition) is 4. The van der Waals surface area contributed by atoms with Crippen LogP contribution in [0.3, 0.4) is 0 Å². The Morgan fingerprint density at radius 1 is 1.16 bits per heavy atom. The zero-order chi connectivity index (χ0) is 17.6. The summed E-state index contributed by atoms with van der Waals surface area (Å²) >= 11 is 0. The van der Waals surface area contributed by atoms with Crippen LogP contribution >= 0.6 is 0 Å². The largest absolute Gasteiger partial charge is 0.372 e. The van der Waals surface area contributed by atoms with Gasteiger partial charge < -0.3 is 19.3 Å². The van der Waals surface area contributed by atoms with Crippen LogP contribution in [0.5, 0.6) is 0 Å². The maximum Gasteiger partial charge on any atom is 0.254 e. The maximum atomic E-state index is 13.0. The second-order valence-electron chi connectivity index (χ2n) is 6.80. The van der Waals surface area contributed by atoms with Crippen LogP contribution in [0.15, 0.2) is 24.3 Å². The summed E-state index contributed by atoms with van der Waals surface area (Å²) in [4.78, 5) is 17.3. The highest BCUT2D eigenvalue weighted by molar-refractivity contribution is 5.94. The van der Waals surface area contributed by atoms with E-state index in [1.54, 1.807) is 0 Å². The van der Waals surface area contributed by atoms with Gasteiger partial charge >= 0.3 is 0 Å².